The molecule has 21 heavy (non-hydrogen) atoms. The number of hydrogen-bond donors (Lipinski definition) is 1. The summed E-state index contributed by atoms with van der Waals surface area (Å²) < 4.78 is 0.940. The number of hydrogen-bond acceptors (Lipinski definition) is 3. The number of H-pyrrole nitrogens is 1. The number of carbonyl (C=O) groups is 1. The molecule has 104 valence electrons. The summed E-state index contributed by atoms with van der Waals surface area (Å²) in [6, 6.07) is 11.0. The van der Waals surface area contributed by atoms with Crippen LogP contribution < -0.4 is 4.90 Å². The van der Waals surface area contributed by atoms with E-state index in [-0.39, 0.29) is 5.91 Å². The van der Waals surface area contributed by atoms with Crippen molar-refractivity contribution >= 4 is 44.4 Å². The van der Waals surface area contributed by atoms with Gasteiger partial charge >= 0.3 is 0 Å². The monoisotopic (exact) mass is 342 g/mol. The zero-order valence-corrected chi connectivity index (χ0v) is 12.5. The van der Waals surface area contributed by atoms with Gasteiger partial charge in [-0.1, -0.05) is 22.5 Å². The number of carbonyl (C=O) groups excluding carboxylic acids is 1. The van der Waals surface area contributed by atoms with Crippen LogP contribution in [-0.4, -0.2) is 21.1 Å². The first-order chi connectivity index (χ1) is 10.2. The Balaban J connectivity index is 2.12. The fraction of sp³-hybridized carbons (Fsp3) is 0. The first-order valence-electron chi connectivity index (χ1n) is 6.21. The average molecular weight is 343 g/mol. The van der Waals surface area contributed by atoms with Gasteiger partial charge < -0.3 is 0 Å². The van der Waals surface area contributed by atoms with Crippen LogP contribution in [0.3, 0.4) is 0 Å². The number of aromatic nitrogens is 3. The van der Waals surface area contributed by atoms with Crippen molar-refractivity contribution in [1.29, 1.82) is 0 Å². The number of rotatable bonds is 3. The highest BCUT2D eigenvalue weighted by Gasteiger charge is 2.17. The normalized spacial score (nSPS) is 10.5. The van der Waals surface area contributed by atoms with Crippen LogP contribution in [0.1, 0.15) is 0 Å². The summed E-state index contributed by atoms with van der Waals surface area (Å²) in [7, 11) is 0. The van der Waals surface area contributed by atoms with E-state index in [1.54, 1.807) is 12.3 Å². The molecule has 0 aliphatic rings. The summed E-state index contributed by atoms with van der Waals surface area (Å²) in [5, 5.41) is 6.77. The zero-order chi connectivity index (χ0) is 14.8. The third-order valence-electron chi connectivity index (χ3n) is 2.99. The van der Waals surface area contributed by atoms with Gasteiger partial charge in [-0.25, -0.2) is 4.98 Å². The largest absolute Gasteiger partial charge is 0.276 e. The van der Waals surface area contributed by atoms with Gasteiger partial charge in [-0.2, -0.15) is 5.10 Å². The van der Waals surface area contributed by atoms with Crippen LogP contribution in [0.2, 0.25) is 0 Å². The van der Waals surface area contributed by atoms with E-state index in [4.69, 9.17) is 0 Å². The molecule has 1 amide bonds. The first-order valence-corrected chi connectivity index (χ1v) is 7.00. The molecule has 0 saturated carbocycles. The summed E-state index contributed by atoms with van der Waals surface area (Å²) in [6.07, 6.45) is 2.89. The predicted octanol–water partition coefficient (Wildman–Crippen LogP) is 3.57. The topological polar surface area (TPSA) is 61.9 Å². The molecule has 0 bridgehead atoms. The van der Waals surface area contributed by atoms with Crippen LogP contribution >= 0.6 is 15.9 Å². The van der Waals surface area contributed by atoms with E-state index in [1.165, 1.54) is 11.0 Å². The summed E-state index contributed by atoms with van der Waals surface area (Å²) in [4.78, 5) is 18.2. The standard InChI is InChI=1S/C15H11BrN4O/c1-2-15(21)20(11-5-3-10(16)4-6-11)14-8-7-12-13(18-14)9-17-19-12/h2-9H,1H2,(H,17,19). The van der Waals surface area contributed by atoms with E-state index in [1.807, 2.05) is 30.3 Å². The molecule has 0 aliphatic heterocycles. The van der Waals surface area contributed by atoms with E-state index < -0.39 is 0 Å². The van der Waals surface area contributed by atoms with Gasteiger partial charge in [0.05, 0.1) is 17.4 Å². The lowest BCUT2D eigenvalue weighted by Gasteiger charge is -2.20. The van der Waals surface area contributed by atoms with Gasteiger partial charge in [0.2, 0.25) is 0 Å². The Kier molecular flexibility index (Phi) is 3.53. The van der Waals surface area contributed by atoms with Crippen molar-refractivity contribution < 1.29 is 4.79 Å². The molecule has 0 fully saturated rings. The molecule has 3 rings (SSSR count). The smallest absolute Gasteiger partial charge is 0.256 e. The van der Waals surface area contributed by atoms with E-state index in [0.717, 1.165) is 15.7 Å². The van der Waals surface area contributed by atoms with Gasteiger partial charge in [0.25, 0.3) is 5.91 Å². The van der Waals surface area contributed by atoms with Gasteiger partial charge in [-0.05, 0) is 42.5 Å². The highest BCUT2D eigenvalue weighted by Crippen LogP contribution is 2.27. The van der Waals surface area contributed by atoms with Crippen molar-refractivity contribution in [1.82, 2.24) is 15.2 Å². The number of nitrogens with one attached hydrogen (secondary N) is 1. The number of anilines is 2. The van der Waals surface area contributed by atoms with Gasteiger partial charge in [0.1, 0.15) is 11.3 Å². The van der Waals surface area contributed by atoms with E-state index in [9.17, 15) is 4.79 Å². The molecule has 3 aromatic rings. The van der Waals surface area contributed by atoms with Crippen molar-refractivity contribution in [2.24, 2.45) is 0 Å². The first kappa shape index (κ1) is 13.5. The molecule has 0 radical (unpaired) electrons. The van der Waals surface area contributed by atoms with Crippen LogP contribution in [-0.2, 0) is 4.79 Å². The van der Waals surface area contributed by atoms with Crippen LogP contribution in [0, 0.1) is 0 Å². The number of benzene rings is 1. The molecule has 0 saturated heterocycles. The number of aromatic amines is 1. The minimum Gasteiger partial charge on any atom is -0.276 e. The quantitative estimate of drug-likeness (QED) is 0.740. The molecular formula is C15H11BrN4O. The molecule has 0 spiro atoms. The van der Waals surface area contributed by atoms with Crippen molar-refractivity contribution in [2.75, 3.05) is 4.90 Å². The third-order valence-corrected chi connectivity index (χ3v) is 3.52. The third kappa shape index (κ3) is 2.57. The fourth-order valence-electron chi connectivity index (χ4n) is 2.00. The molecule has 6 heteroatoms. The van der Waals surface area contributed by atoms with Crippen molar-refractivity contribution in [3.63, 3.8) is 0 Å². The molecule has 1 N–H and O–H groups in total. The maximum Gasteiger partial charge on any atom is 0.256 e. The van der Waals surface area contributed by atoms with Crippen LogP contribution in [0.4, 0.5) is 11.5 Å². The minimum atomic E-state index is -0.243. The summed E-state index contributed by atoms with van der Waals surface area (Å²) in [5.41, 5.74) is 2.24. The second-order valence-electron chi connectivity index (χ2n) is 4.33. The predicted molar refractivity (Wildman–Crippen MR) is 85.4 cm³/mol. The zero-order valence-electron chi connectivity index (χ0n) is 11.0. The summed E-state index contributed by atoms with van der Waals surface area (Å²) in [6.45, 7) is 3.56. The molecule has 2 heterocycles. The van der Waals surface area contributed by atoms with Crippen molar-refractivity contribution in [3.8, 4) is 0 Å². The SMILES string of the molecule is C=CC(=O)N(c1ccc(Br)cc1)c1ccc2[nH]ncc2n1. The lowest BCUT2D eigenvalue weighted by atomic mass is 10.2. The van der Waals surface area contributed by atoms with Gasteiger partial charge in [-0.3, -0.25) is 14.8 Å². The summed E-state index contributed by atoms with van der Waals surface area (Å²) >= 11 is 3.38. The average Bonchev–Trinajstić information content (AvgIpc) is 2.97. The molecule has 1 aromatic carbocycles. The number of nitrogens with zero attached hydrogens (tertiary/aromatic N) is 3. The van der Waals surface area contributed by atoms with E-state index >= 15 is 0 Å². The van der Waals surface area contributed by atoms with Crippen LogP contribution in [0.5, 0.6) is 0 Å². The highest BCUT2D eigenvalue weighted by atomic mass is 79.9. The minimum absolute atomic E-state index is 0.243. The molecule has 0 aliphatic carbocycles. The Labute approximate surface area is 129 Å². The lowest BCUT2D eigenvalue weighted by molar-refractivity contribution is -0.113. The fourth-order valence-corrected chi connectivity index (χ4v) is 2.26. The Morgan fingerprint density at radius 3 is 2.71 bits per heavy atom. The van der Waals surface area contributed by atoms with E-state index in [0.29, 0.717) is 11.3 Å². The highest BCUT2D eigenvalue weighted by molar-refractivity contribution is 9.10. The Bertz CT molecular complexity index is 810. The maximum absolute atomic E-state index is 12.2. The number of fused-ring (bicyclic) bond motifs is 1. The van der Waals surface area contributed by atoms with Crippen LogP contribution in [0.15, 0.2) is 59.7 Å². The number of amides is 1. The van der Waals surface area contributed by atoms with Crippen molar-refractivity contribution in [3.05, 3.63) is 59.7 Å². The second-order valence-corrected chi connectivity index (χ2v) is 5.24. The van der Waals surface area contributed by atoms with Crippen molar-refractivity contribution in [2.45, 2.75) is 0 Å². The second kappa shape index (κ2) is 5.49. The number of halogens is 1. The molecule has 2 aromatic heterocycles. The summed E-state index contributed by atoms with van der Waals surface area (Å²) in [5.74, 6) is 0.281. The van der Waals surface area contributed by atoms with Gasteiger partial charge in [-0.15, -0.1) is 0 Å². The molecule has 5 nitrogen and oxygen atoms in total. The van der Waals surface area contributed by atoms with E-state index in [2.05, 4.69) is 37.7 Å². The number of pyridine rings is 1. The Morgan fingerprint density at radius 1 is 1.24 bits per heavy atom. The van der Waals surface area contributed by atoms with Gasteiger partial charge in [0, 0.05) is 4.47 Å². The lowest BCUT2D eigenvalue weighted by Crippen LogP contribution is -2.24. The van der Waals surface area contributed by atoms with Crippen LogP contribution in [0.25, 0.3) is 11.0 Å². The molecular weight excluding hydrogens is 332 g/mol. The maximum atomic E-state index is 12.2. The Hall–Kier alpha value is -2.47. The van der Waals surface area contributed by atoms with Gasteiger partial charge in [0.15, 0.2) is 0 Å². The Morgan fingerprint density at radius 2 is 2.00 bits per heavy atom. The molecule has 0 atom stereocenters. The molecule has 0 unspecified atom stereocenters.